The summed E-state index contributed by atoms with van der Waals surface area (Å²) in [7, 11) is 0. The first-order valence-corrected chi connectivity index (χ1v) is 9.59. The third kappa shape index (κ3) is 2.99. The highest BCUT2D eigenvalue weighted by Crippen LogP contribution is 2.30. The van der Waals surface area contributed by atoms with Crippen LogP contribution < -0.4 is 0 Å². The molecule has 1 N–H and O–H groups in total. The van der Waals surface area contributed by atoms with Gasteiger partial charge in [0.15, 0.2) is 5.69 Å². The topological polar surface area (TPSA) is 74.8 Å². The summed E-state index contributed by atoms with van der Waals surface area (Å²) in [5.74, 6) is 0.268. The lowest BCUT2D eigenvalue weighted by molar-refractivity contribution is 0.0701. The van der Waals surface area contributed by atoms with Crippen molar-refractivity contribution in [1.82, 2.24) is 25.3 Å². The minimum atomic E-state index is -0.0139. The average Bonchev–Trinajstić information content (AvgIpc) is 3.34. The number of likely N-dealkylation sites (tertiary alicyclic amines) is 1. The third-order valence-corrected chi connectivity index (χ3v) is 6.09. The van der Waals surface area contributed by atoms with Gasteiger partial charge in [-0.2, -0.15) is 5.10 Å². The molecule has 6 nitrogen and oxygen atoms in total. The molecule has 0 unspecified atom stereocenters. The summed E-state index contributed by atoms with van der Waals surface area (Å²) < 4.78 is 0. The Hall–Kier alpha value is -2.06. The number of aromatic amines is 1. The van der Waals surface area contributed by atoms with Gasteiger partial charge < -0.3 is 4.90 Å². The van der Waals surface area contributed by atoms with Crippen molar-refractivity contribution in [3.05, 3.63) is 39.3 Å². The summed E-state index contributed by atoms with van der Waals surface area (Å²) >= 11 is 3.25. The van der Waals surface area contributed by atoms with Crippen molar-refractivity contribution in [2.24, 2.45) is 0 Å². The number of thiophene rings is 1. The molecule has 1 fully saturated rings. The van der Waals surface area contributed by atoms with Crippen LogP contribution in [0.2, 0.25) is 0 Å². The number of rotatable bonds is 3. The number of carbonyl (C=O) groups excluding carboxylic acids is 1. The zero-order valence-corrected chi connectivity index (χ0v) is 14.9. The molecule has 1 amide bonds. The lowest BCUT2D eigenvalue weighted by Gasteiger charge is -2.31. The van der Waals surface area contributed by atoms with Crippen LogP contribution in [0.1, 0.15) is 39.3 Å². The van der Waals surface area contributed by atoms with Crippen molar-refractivity contribution in [3.63, 3.8) is 0 Å². The predicted octanol–water partition coefficient (Wildman–Crippen LogP) is 3.32. The van der Waals surface area contributed by atoms with Crippen molar-refractivity contribution >= 4 is 28.6 Å². The summed E-state index contributed by atoms with van der Waals surface area (Å²) in [4.78, 5) is 15.8. The SMILES string of the molecule is Cc1nnc([C@H]2CCCN(C(=O)c3cc(-c4cccs4)[nH]n3)C2)s1. The molecule has 0 aromatic carbocycles. The Morgan fingerprint density at radius 2 is 2.33 bits per heavy atom. The van der Waals surface area contributed by atoms with Gasteiger partial charge >= 0.3 is 0 Å². The van der Waals surface area contributed by atoms with E-state index in [1.165, 1.54) is 0 Å². The van der Waals surface area contributed by atoms with Crippen molar-refractivity contribution < 1.29 is 4.79 Å². The summed E-state index contributed by atoms with van der Waals surface area (Å²) in [5.41, 5.74) is 1.37. The van der Waals surface area contributed by atoms with Crippen molar-refractivity contribution in [2.75, 3.05) is 13.1 Å². The number of hydrogen-bond donors (Lipinski definition) is 1. The molecule has 8 heteroatoms. The number of nitrogens with zero attached hydrogens (tertiary/aromatic N) is 4. The zero-order valence-electron chi connectivity index (χ0n) is 13.2. The van der Waals surface area contributed by atoms with Gasteiger partial charge in [-0.25, -0.2) is 0 Å². The molecular formula is C16H17N5OS2. The van der Waals surface area contributed by atoms with Crippen LogP contribution in [-0.2, 0) is 0 Å². The Labute approximate surface area is 147 Å². The van der Waals surface area contributed by atoms with Gasteiger partial charge in [0, 0.05) is 19.0 Å². The number of carbonyl (C=O) groups is 1. The number of H-pyrrole nitrogens is 1. The van der Waals surface area contributed by atoms with Crippen molar-refractivity contribution in [1.29, 1.82) is 0 Å². The van der Waals surface area contributed by atoms with E-state index in [0.717, 1.165) is 40.0 Å². The second-order valence-corrected chi connectivity index (χ2v) is 8.05. The van der Waals surface area contributed by atoms with Gasteiger partial charge in [0.05, 0.1) is 10.6 Å². The molecule has 1 saturated heterocycles. The fourth-order valence-electron chi connectivity index (χ4n) is 2.99. The standard InChI is InChI=1S/C16H17N5OS2/c1-10-17-20-15(24-10)11-4-2-6-21(9-11)16(22)13-8-12(18-19-13)14-5-3-7-23-14/h3,5,7-8,11H,2,4,6,9H2,1H3,(H,18,19)/t11-/m0/s1. The average molecular weight is 359 g/mol. The molecule has 0 bridgehead atoms. The lowest BCUT2D eigenvalue weighted by atomic mass is 9.98. The van der Waals surface area contributed by atoms with Gasteiger partial charge in [0.25, 0.3) is 5.91 Å². The lowest BCUT2D eigenvalue weighted by Crippen LogP contribution is -2.39. The second-order valence-electron chi connectivity index (χ2n) is 5.89. The normalized spacial score (nSPS) is 18.0. The van der Waals surface area contributed by atoms with Gasteiger partial charge in [-0.1, -0.05) is 6.07 Å². The maximum atomic E-state index is 12.8. The summed E-state index contributed by atoms with van der Waals surface area (Å²) in [6, 6.07) is 5.84. The van der Waals surface area contributed by atoms with Crippen LogP contribution >= 0.6 is 22.7 Å². The number of aryl methyl sites for hydroxylation is 1. The van der Waals surface area contributed by atoms with Crippen LogP contribution in [0.15, 0.2) is 23.6 Å². The number of amides is 1. The Balaban J connectivity index is 1.50. The highest BCUT2D eigenvalue weighted by Gasteiger charge is 2.28. The highest BCUT2D eigenvalue weighted by atomic mass is 32.1. The number of aromatic nitrogens is 4. The molecular weight excluding hydrogens is 342 g/mol. The quantitative estimate of drug-likeness (QED) is 0.778. The summed E-state index contributed by atoms with van der Waals surface area (Å²) in [6.07, 6.45) is 2.04. The predicted molar refractivity (Wildman–Crippen MR) is 94.4 cm³/mol. The smallest absolute Gasteiger partial charge is 0.274 e. The van der Waals surface area contributed by atoms with Crippen LogP contribution in [0, 0.1) is 6.92 Å². The van der Waals surface area contributed by atoms with Crippen LogP contribution in [0.5, 0.6) is 0 Å². The first-order chi connectivity index (χ1) is 11.7. The Bertz CT molecular complexity index is 838. The molecule has 0 aliphatic carbocycles. The van der Waals surface area contributed by atoms with E-state index in [1.807, 2.05) is 35.4 Å². The van der Waals surface area contributed by atoms with Gasteiger partial charge in [-0.15, -0.1) is 32.9 Å². The molecule has 1 aliphatic rings. The van der Waals surface area contributed by atoms with E-state index in [2.05, 4.69) is 20.4 Å². The molecule has 24 heavy (non-hydrogen) atoms. The monoisotopic (exact) mass is 359 g/mol. The molecule has 1 aliphatic heterocycles. The maximum absolute atomic E-state index is 12.8. The zero-order chi connectivity index (χ0) is 16.5. The second kappa shape index (κ2) is 6.45. The number of piperidine rings is 1. The van der Waals surface area contributed by atoms with Crippen LogP contribution in [-0.4, -0.2) is 44.3 Å². The van der Waals surface area contributed by atoms with Crippen LogP contribution in [0.4, 0.5) is 0 Å². The Kier molecular flexibility index (Phi) is 4.15. The number of nitrogens with one attached hydrogen (secondary N) is 1. The molecule has 0 spiro atoms. The molecule has 124 valence electrons. The van der Waals surface area contributed by atoms with Gasteiger partial charge in [-0.3, -0.25) is 9.89 Å². The first kappa shape index (κ1) is 15.5. The molecule has 3 aromatic rings. The van der Waals surface area contributed by atoms with E-state index in [9.17, 15) is 4.79 Å². The van der Waals surface area contributed by atoms with Crippen LogP contribution in [0.3, 0.4) is 0 Å². The largest absolute Gasteiger partial charge is 0.337 e. The fraction of sp³-hybridized carbons (Fsp3) is 0.375. The van der Waals surface area contributed by atoms with E-state index in [4.69, 9.17) is 0 Å². The minimum absolute atomic E-state index is 0.0139. The van der Waals surface area contributed by atoms with E-state index < -0.39 is 0 Å². The van der Waals surface area contributed by atoms with E-state index in [0.29, 0.717) is 12.2 Å². The van der Waals surface area contributed by atoms with E-state index in [1.54, 1.807) is 22.7 Å². The van der Waals surface area contributed by atoms with Crippen molar-refractivity contribution in [2.45, 2.75) is 25.7 Å². The third-order valence-electron chi connectivity index (χ3n) is 4.18. The fourth-order valence-corrected chi connectivity index (χ4v) is 4.51. The van der Waals surface area contributed by atoms with Crippen molar-refractivity contribution in [3.8, 4) is 10.6 Å². The van der Waals surface area contributed by atoms with Crippen LogP contribution in [0.25, 0.3) is 10.6 Å². The molecule has 4 rings (SSSR count). The first-order valence-electron chi connectivity index (χ1n) is 7.89. The number of hydrogen-bond acceptors (Lipinski definition) is 6. The molecule has 1 atom stereocenters. The molecule has 0 radical (unpaired) electrons. The summed E-state index contributed by atoms with van der Waals surface area (Å²) in [6.45, 7) is 3.42. The Morgan fingerprint density at radius 1 is 1.42 bits per heavy atom. The minimum Gasteiger partial charge on any atom is -0.337 e. The highest BCUT2D eigenvalue weighted by molar-refractivity contribution is 7.13. The van der Waals surface area contributed by atoms with Gasteiger partial charge in [0.1, 0.15) is 10.0 Å². The Morgan fingerprint density at radius 3 is 3.08 bits per heavy atom. The molecule has 4 heterocycles. The van der Waals surface area contributed by atoms with E-state index >= 15 is 0 Å². The summed E-state index contributed by atoms with van der Waals surface area (Å²) in [5, 5.41) is 19.6. The van der Waals surface area contributed by atoms with Gasteiger partial charge in [0.2, 0.25) is 0 Å². The van der Waals surface area contributed by atoms with E-state index in [-0.39, 0.29) is 11.8 Å². The maximum Gasteiger partial charge on any atom is 0.274 e. The molecule has 0 saturated carbocycles. The molecule has 3 aromatic heterocycles. The van der Waals surface area contributed by atoms with Gasteiger partial charge in [-0.05, 0) is 37.3 Å².